The summed E-state index contributed by atoms with van der Waals surface area (Å²) in [6.45, 7) is 1.92. The van der Waals surface area contributed by atoms with Gasteiger partial charge in [0.25, 0.3) is 5.56 Å². The fraction of sp³-hybridized carbons (Fsp3) is 0.273. The van der Waals surface area contributed by atoms with E-state index < -0.39 is 0 Å². The molecule has 0 aromatic carbocycles. The zero-order valence-electron chi connectivity index (χ0n) is 8.90. The Morgan fingerprint density at radius 2 is 2.07 bits per heavy atom. The van der Waals surface area contributed by atoms with Gasteiger partial charge in [0.2, 0.25) is 0 Å². The van der Waals surface area contributed by atoms with Crippen LogP contribution in [0.4, 0.5) is 0 Å². The molecule has 76 valence electrons. The van der Waals surface area contributed by atoms with Crippen LogP contribution in [0.2, 0.25) is 0 Å². The number of hydrogen-bond acceptors (Lipinski definition) is 2. The molecule has 0 atom stereocenters. The molecule has 0 bridgehead atoms. The molecule has 0 aliphatic carbocycles. The van der Waals surface area contributed by atoms with Crippen LogP contribution in [-0.4, -0.2) is 9.13 Å². The van der Waals surface area contributed by atoms with E-state index in [1.807, 2.05) is 24.6 Å². The van der Waals surface area contributed by atoms with Gasteiger partial charge in [-0.1, -0.05) is 0 Å². The molecule has 0 amide bonds. The van der Waals surface area contributed by atoms with Crippen molar-refractivity contribution in [3.8, 4) is 6.07 Å². The van der Waals surface area contributed by atoms with Gasteiger partial charge in [-0.15, -0.1) is 0 Å². The average molecular weight is 201 g/mol. The molecule has 0 saturated carbocycles. The molecule has 2 rings (SSSR count). The average Bonchev–Trinajstić information content (AvgIpc) is 2.50. The van der Waals surface area contributed by atoms with Gasteiger partial charge in [0, 0.05) is 31.4 Å². The van der Waals surface area contributed by atoms with E-state index >= 15 is 0 Å². The minimum Gasteiger partial charge on any atom is -0.343 e. The third kappa shape index (κ3) is 1.17. The van der Waals surface area contributed by atoms with Crippen LogP contribution < -0.4 is 5.56 Å². The first-order valence-electron chi connectivity index (χ1n) is 4.62. The number of fused-ring (bicyclic) bond motifs is 1. The lowest BCUT2D eigenvalue weighted by Gasteiger charge is -2.02. The Kier molecular flexibility index (Phi) is 1.90. The van der Waals surface area contributed by atoms with Gasteiger partial charge in [0.15, 0.2) is 0 Å². The molecule has 0 spiro atoms. The lowest BCUT2D eigenvalue weighted by Crippen LogP contribution is -2.18. The lowest BCUT2D eigenvalue weighted by molar-refractivity contribution is 0.842. The highest BCUT2D eigenvalue weighted by Gasteiger charge is 2.11. The number of aromatic nitrogens is 2. The molecule has 0 radical (unpaired) electrons. The van der Waals surface area contributed by atoms with Crippen molar-refractivity contribution in [2.45, 2.75) is 6.92 Å². The first kappa shape index (κ1) is 9.53. The molecule has 2 aromatic heterocycles. The maximum Gasteiger partial charge on any atom is 0.274 e. The van der Waals surface area contributed by atoms with E-state index in [1.54, 1.807) is 13.2 Å². The predicted molar refractivity (Wildman–Crippen MR) is 57.6 cm³/mol. The standard InChI is InChI=1S/C11H11N3O/c1-7-4-9-8(5-12)6-13(2)11(15)10(9)14(7)3/h4,6H,1-3H3. The van der Waals surface area contributed by atoms with Crippen LogP contribution in [0, 0.1) is 18.3 Å². The predicted octanol–water partition coefficient (Wildman–Crippen LogP) is 1.06. The SMILES string of the molecule is Cc1cc2c(C#N)cn(C)c(=O)c2n1C. The summed E-state index contributed by atoms with van der Waals surface area (Å²) in [5.41, 5.74) is 2.04. The second-order valence-electron chi connectivity index (χ2n) is 3.68. The summed E-state index contributed by atoms with van der Waals surface area (Å²) in [5, 5.41) is 9.71. The molecule has 15 heavy (non-hydrogen) atoms. The summed E-state index contributed by atoms with van der Waals surface area (Å²) in [5.74, 6) is 0. The maximum absolute atomic E-state index is 11.9. The van der Waals surface area contributed by atoms with Crippen molar-refractivity contribution in [1.82, 2.24) is 9.13 Å². The summed E-state index contributed by atoms with van der Waals surface area (Å²) in [4.78, 5) is 11.9. The maximum atomic E-state index is 11.9. The number of pyridine rings is 1. The highest BCUT2D eigenvalue weighted by Crippen LogP contribution is 2.18. The lowest BCUT2D eigenvalue weighted by atomic mass is 10.2. The van der Waals surface area contributed by atoms with Crippen LogP contribution in [0.25, 0.3) is 10.9 Å². The third-order valence-electron chi connectivity index (χ3n) is 2.73. The molecule has 4 heteroatoms. The number of aryl methyl sites for hydroxylation is 3. The Bertz CT molecular complexity index is 640. The quantitative estimate of drug-likeness (QED) is 0.639. The van der Waals surface area contributed by atoms with E-state index in [0.29, 0.717) is 11.1 Å². The van der Waals surface area contributed by atoms with Crippen molar-refractivity contribution in [1.29, 1.82) is 5.26 Å². The summed E-state index contributed by atoms with van der Waals surface area (Å²) < 4.78 is 3.26. The fourth-order valence-corrected chi connectivity index (χ4v) is 1.77. The number of rotatable bonds is 0. The van der Waals surface area contributed by atoms with Crippen molar-refractivity contribution in [2.75, 3.05) is 0 Å². The van der Waals surface area contributed by atoms with Crippen LogP contribution >= 0.6 is 0 Å². The van der Waals surface area contributed by atoms with Crippen molar-refractivity contribution < 1.29 is 0 Å². The Morgan fingerprint density at radius 3 is 2.67 bits per heavy atom. The number of nitriles is 1. The number of hydrogen-bond donors (Lipinski definition) is 0. The summed E-state index contributed by atoms with van der Waals surface area (Å²) in [6.07, 6.45) is 1.57. The smallest absolute Gasteiger partial charge is 0.274 e. The van der Waals surface area contributed by atoms with Crippen LogP contribution in [0.15, 0.2) is 17.1 Å². The van der Waals surface area contributed by atoms with E-state index in [0.717, 1.165) is 11.1 Å². The summed E-state index contributed by atoms with van der Waals surface area (Å²) >= 11 is 0. The first-order valence-corrected chi connectivity index (χ1v) is 4.62. The minimum atomic E-state index is -0.0698. The molecular weight excluding hydrogens is 190 g/mol. The normalized spacial score (nSPS) is 10.5. The van der Waals surface area contributed by atoms with Gasteiger partial charge in [0.1, 0.15) is 11.6 Å². The molecule has 0 aliphatic heterocycles. The Balaban J connectivity index is 3.12. The molecule has 2 heterocycles. The van der Waals surface area contributed by atoms with Gasteiger partial charge < -0.3 is 9.13 Å². The largest absolute Gasteiger partial charge is 0.343 e. The van der Waals surface area contributed by atoms with Crippen molar-refractivity contribution in [2.24, 2.45) is 14.1 Å². The van der Waals surface area contributed by atoms with E-state index in [4.69, 9.17) is 5.26 Å². The second-order valence-corrected chi connectivity index (χ2v) is 3.68. The van der Waals surface area contributed by atoms with Crippen molar-refractivity contribution in [3.63, 3.8) is 0 Å². The van der Waals surface area contributed by atoms with Gasteiger partial charge in [-0.2, -0.15) is 5.26 Å². The molecular formula is C11H11N3O. The topological polar surface area (TPSA) is 50.7 Å². The molecule has 0 aliphatic rings. The van der Waals surface area contributed by atoms with Crippen LogP contribution in [-0.2, 0) is 14.1 Å². The van der Waals surface area contributed by atoms with Crippen molar-refractivity contribution >= 4 is 10.9 Å². The highest BCUT2D eigenvalue weighted by atomic mass is 16.1. The monoisotopic (exact) mass is 201 g/mol. The molecule has 4 nitrogen and oxygen atoms in total. The molecule has 0 unspecified atom stereocenters. The fourth-order valence-electron chi connectivity index (χ4n) is 1.77. The highest BCUT2D eigenvalue weighted by molar-refractivity contribution is 5.85. The van der Waals surface area contributed by atoms with E-state index in [-0.39, 0.29) is 5.56 Å². The van der Waals surface area contributed by atoms with Gasteiger partial charge in [-0.25, -0.2) is 0 Å². The van der Waals surface area contributed by atoms with Gasteiger partial charge in [0.05, 0.1) is 5.56 Å². The zero-order chi connectivity index (χ0) is 11.2. The van der Waals surface area contributed by atoms with Crippen LogP contribution in [0.1, 0.15) is 11.3 Å². The second kappa shape index (κ2) is 2.99. The summed E-state index contributed by atoms with van der Waals surface area (Å²) in [6, 6.07) is 3.98. The first-order chi connectivity index (χ1) is 7.06. The van der Waals surface area contributed by atoms with Gasteiger partial charge >= 0.3 is 0 Å². The zero-order valence-corrected chi connectivity index (χ0v) is 8.90. The molecule has 0 N–H and O–H groups in total. The minimum absolute atomic E-state index is 0.0698. The third-order valence-corrected chi connectivity index (χ3v) is 2.73. The van der Waals surface area contributed by atoms with E-state index in [2.05, 4.69) is 6.07 Å². The van der Waals surface area contributed by atoms with E-state index in [1.165, 1.54) is 4.57 Å². The molecule has 0 saturated heterocycles. The number of nitrogens with zero attached hydrogens (tertiary/aromatic N) is 3. The Morgan fingerprint density at radius 1 is 1.40 bits per heavy atom. The molecule has 0 fully saturated rings. The summed E-state index contributed by atoms with van der Waals surface area (Å²) in [7, 11) is 3.49. The Labute approximate surface area is 87.0 Å². The van der Waals surface area contributed by atoms with E-state index in [9.17, 15) is 4.79 Å². The van der Waals surface area contributed by atoms with Crippen LogP contribution in [0.5, 0.6) is 0 Å². The van der Waals surface area contributed by atoms with Gasteiger partial charge in [-0.05, 0) is 13.0 Å². The van der Waals surface area contributed by atoms with Crippen molar-refractivity contribution in [3.05, 3.63) is 33.9 Å². The Hall–Kier alpha value is -2.02. The van der Waals surface area contributed by atoms with Gasteiger partial charge in [-0.3, -0.25) is 4.79 Å². The molecule has 2 aromatic rings. The van der Waals surface area contributed by atoms with Crippen LogP contribution in [0.3, 0.4) is 0 Å².